The molecule has 5 heteroatoms. The van der Waals surface area contributed by atoms with Crippen LogP contribution in [0.3, 0.4) is 0 Å². The zero-order valence-electron chi connectivity index (χ0n) is 12.0. The third-order valence-corrected chi connectivity index (χ3v) is 4.09. The van der Waals surface area contributed by atoms with Gasteiger partial charge in [-0.05, 0) is 43.9 Å². The highest BCUT2D eigenvalue weighted by Gasteiger charge is 2.47. The molecule has 0 heterocycles. The normalized spacial score (nSPS) is 21.5. The van der Waals surface area contributed by atoms with Crippen LogP contribution in [0.1, 0.15) is 31.7 Å². The van der Waals surface area contributed by atoms with E-state index >= 15 is 0 Å². The molecule has 1 amide bonds. The molecule has 4 nitrogen and oxygen atoms in total. The second-order valence-corrected chi connectivity index (χ2v) is 6.54. The molecule has 1 saturated carbocycles. The van der Waals surface area contributed by atoms with Crippen LogP contribution < -0.4 is 5.32 Å². The van der Waals surface area contributed by atoms with Crippen LogP contribution in [-0.4, -0.2) is 17.7 Å². The molecule has 1 fully saturated rings. The molecule has 1 N–H and O–H groups in total. The van der Waals surface area contributed by atoms with Gasteiger partial charge in [-0.3, -0.25) is 9.59 Å². The van der Waals surface area contributed by atoms with Gasteiger partial charge in [0, 0.05) is 16.4 Å². The summed E-state index contributed by atoms with van der Waals surface area (Å²) in [5, 5.41) is 11.7. The maximum absolute atomic E-state index is 12.3. The maximum Gasteiger partial charge on any atom is 0.245 e. The highest BCUT2D eigenvalue weighted by Crippen LogP contribution is 2.49. The molecule has 1 aromatic rings. The van der Waals surface area contributed by atoms with E-state index in [0.717, 1.165) is 10.0 Å². The van der Waals surface area contributed by atoms with Crippen LogP contribution in [0.15, 0.2) is 28.7 Å². The van der Waals surface area contributed by atoms with Crippen molar-refractivity contribution in [3.8, 4) is 6.07 Å². The van der Waals surface area contributed by atoms with Crippen molar-refractivity contribution in [2.75, 3.05) is 0 Å². The van der Waals surface area contributed by atoms with E-state index in [1.54, 1.807) is 13.8 Å². The van der Waals surface area contributed by atoms with Crippen LogP contribution in [0.2, 0.25) is 0 Å². The van der Waals surface area contributed by atoms with E-state index in [0.29, 0.717) is 6.42 Å². The van der Waals surface area contributed by atoms with E-state index in [9.17, 15) is 9.59 Å². The Kier molecular flexibility index (Phi) is 4.79. The van der Waals surface area contributed by atoms with Crippen LogP contribution in [0.4, 0.5) is 0 Å². The van der Waals surface area contributed by atoms with E-state index in [2.05, 4.69) is 21.2 Å². The first-order chi connectivity index (χ1) is 9.93. The molecule has 2 rings (SSSR count). The van der Waals surface area contributed by atoms with E-state index in [1.165, 1.54) is 0 Å². The molecule has 0 aliphatic heterocycles. The van der Waals surface area contributed by atoms with Crippen molar-refractivity contribution in [3.63, 3.8) is 0 Å². The summed E-state index contributed by atoms with van der Waals surface area (Å²) < 4.78 is 0.987. The third-order valence-electron chi connectivity index (χ3n) is 3.56. The van der Waals surface area contributed by atoms with Gasteiger partial charge in [-0.15, -0.1) is 0 Å². The van der Waals surface area contributed by atoms with Gasteiger partial charge >= 0.3 is 0 Å². The molecule has 110 valence electrons. The molecule has 0 aromatic heterocycles. The van der Waals surface area contributed by atoms with Crippen molar-refractivity contribution in [2.45, 2.75) is 32.2 Å². The largest absolute Gasteiger partial charge is 0.352 e. The summed E-state index contributed by atoms with van der Waals surface area (Å²) in [6.07, 6.45) is 0.716. The van der Waals surface area contributed by atoms with Gasteiger partial charge in [0.2, 0.25) is 5.91 Å². The summed E-state index contributed by atoms with van der Waals surface area (Å²) in [5.41, 5.74) is 1.08. The van der Waals surface area contributed by atoms with E-state index < -0.39 is 11.8 Å². The molecule has 0 bridgehead atoms. The molecule has 3 atom stereocenters. The number of Topliss-reactive ketones (excluding diaryl/α,β-unsaturated/α-hetero) is 1. The number of carbonyl (C=O) groups is 2. The number of carbonyl (C=O) groups excluding carboxylic acids is 2. The summed E-state index contributed by atoms with van der Waals surface area (Å²) in [5.74, 6) is -2.03. The van der Waals surface area contributed by atoms with Gasteiger partial charge in [0.1, 0.15) is 0 Å². The van der Waals surface area contributed by atoms with Crippen molar-refractivity contribution >= 4 is 27.6 Å². The van der Waals surface area contributed by atoms with E-state index in [-0.39, 0.29) is 23.7 Å². The zero-order valence-corrected chi connectivity index (χ0v) is 13.6. The van der Waals surface area contributed by atoms with Gasteiger partial charge in [0.05, 0.1) is 6.07 Å². The topological polar surface area (TPSA) is 70.0 Å². The minimum Gasteiger partial charge on any atom is -0.352 e. The number of hydrogen-bond donors (Lipinski definition) is 1. The summed E-state index contributed by atoms with van der Waals surface area (Å²) in [6, 6.07) is 9.57. The van der Waals surface area contributed by atoms with Crippen molar-refractivity contribution in [3.05, 3.63) is 34.3 Å². The first-order valence-corrected chi connectivity index (χ1v) is 7.72. The predicted octanol–water partition coefficient (Wildman–Crippen LogP) is 2.79. The van der Waals surface area contributed by atoms with E-state index in [4.69, 9.17) is 5.26 Å². The number of nitrogens with zero attached hydrogens (tertiary/aromatic N) is 1. The predicted molar refractivity (Wildman–Crippen MR) is 82.4 cm³/mol. The Morgan fingerprint density at radius 2 is 1.95 bits per heavy atom. The zero-order chi connectivity index (χ0) is 15.6. The van der Waals surface area contributed by atoms with Crippen molar-refractivity contribution in [2.24, 2.45) is 11.8 Å². The molecule has 21 heavy (non-hydrogen) atoms. The van der Waals surface area contributed by atoms with Crippen LogP contribution in [-0.2, 0) is 9.59 Å². The SMILES string of the molecule is CC(C)NC(=O)[C@H](C#N)C(=O)[C@@H]1C[C@@H]1c1ccc(Br)cc1. The van der Waals surface area contributed by atoms with Crippen molar-refractivity contribution < 1.29 is 9.59 Å². The van der Waals surface area contributed by atoms with Gasteiger partial charge in [-0.25, -0.2) is 0 Å². The number of hydrogen-bond acceptors (Lipinski definition) is 3. The summed E-state index contributed by atoms with van der Waals surface area (Å²) in [7, 11) is 0. The summed E-state index contributed by atoms with van der Waals surface area (Å²) >= 11 is 3.37. The van der Waals surface area contributed by atoms with E-state index in [1.807, 2.05) is 30.3 Å². The molecule has 1 aliphatic rings. The first kappa shape index (κ1) is 15.7. The summed E-state index contributed by atoms with van der Waals surface area (Å²) in [6.45, 7) is 3.61. The van der Waals surface area contributed by atoms with Crippen LogP contribution in [0.5, 0.6) is 0 Å². The highest BCUT2D eigenvalue weighted by molar-refractivity contribution is 9.10. The Labute approximate surface area is 132 Å². The number of rotatable bonds is 5. The number of benzene rings is 1. The fraction of sp³-hybridized carbons (Fsp3) is 0.438. The molecule has 0 radical (unpaired) electrons. The monoisotopic (exact) mass is 348 g/mol. The first-order valence-electron chi connectivity index (χ1n) is 6.93. The number of halogens is 1. The van der Waals surface area contributed by atoms with Gasteiger partial charge in [0.25, 0.3) is 0 Å². The average Bonchev–Trinajstić information content (AvgIpc) is 3.19. The lowest BCUT2D eigenvalue weighted by atomic mass is 9.98. The lowest BCUT2D eigenvalue weighted by molar-refractivity contribution is -0.132. The Balaban J connectivity index is 2.03. The van der Waals surface area contributed by atoms with Gasteiger partial charge in [0.15, 0.2) is 11.7 Å². The lowest BCUT2D eigenvalue weighted by Gasteiger charge is -2.12. The summed E-state index contributed by atoms with van der Waals surface area (Å²) in [4.78, 5) is 24.2. The number of amides is 1. The minimum atomic E-state index is -1.20. The molecule has 0 saturated heterocycles. The second kappa shape index (κ2) is 6.40. The maximum atomic E-state index is 12.3. The molecule has 0 unspecified atom stereocenters. The molecular formula is C16H17BrN2O2. The minimum absolute atomic E-state index is 0.0809. The van der Waals surface area contributed by atoms with Crippen LogP contribution in [0, 0.1) is 23.2 Å². The van der Waals surface area contributed by atoms with Gasteiger partial charge < -0.3 is 5.32 Å². The molecule has 1 aliphatic carbocycles. The number of nitriles is 1. The van der Waals surface area contributed by atoms with Crippen molar-refractivity contribution in [1.29, 1.82) is 5.26 Å². The fourth-order valence-corrected chi connectivity index (χ4v) is 2.69. The third kappa shape index (κ3) is 3.70. The quantitative estimate of drug-likeness (QED) is 0.831. The molecule has 0 spiro atoms. The van der Waals surface area contributed by atoms with Crippen LogP contribution in [0.25, 0.3) is 0 Å². The molecule has 1 aromatic carbocycles. The number of nitrogens with one attached hydrogen (secondary N) is 1. The Morgan fingerprint density at radius 3 is 2.48 bits per heavy atom. The lowest BCUT2D eigenvalue weighted by Crippen LogP contribution is -2.39. The Bertz CT molecular complexity index is 589. The Hall–Kier alpha value is -1.67. The van der Waals surface area contributed by atoms with Gasteiger partial charge in [-0.2, -0.15) is 5.26 Å². The highest BCUT2D eigenvalue weighted by atomic mass is 79.9. The second-order valence-electron chi connectivity index (χ2n) is 5.63. The fourth-order valence-electron chi connectivity index (χ4n) is 2.42. The average molecular weight is 349 g/mol. The van der Waals surface area contributed by atoms with Crippen LogP contribution >= 0.6 is 15.9 Å². The van der Waals surface area contributed by atoms with Gasteiger partial charge in [-0.1, -0.05) is 28.1 Å². The molecular weight excluding hydrogens is 332 g/mol. The standard InChI is InChI=1S/C16H17BrN2O2/c1-9(2)19-16(21)14(8-18)15(20)13-7-12(13)10-3-5-11(17)6-4-10/h3-6,9,12-14H,7H2,1-2H3,(H,19,21)/t12-,13-,14-/m1/s1. The number of ketones is 1. The Morgan fingerprint density at radius 1 is 1.33 bits per heavy atom. The smallest absolute Gasteiger partial charge is 0.245 e. The van der Waals surface area contributed by atoms with Crippen molar-refractivity contribution in [1.82, 2.24) is 5.32 Å².